The number of carbonyl (C=O) groups excluding carboxylic acids is 2. The van der Waals surface area contributed by atoms with Crippen LogP contribution in [0.25, 0.3) is 0 Å². The van der Waals surface area contributed by atoms with Crippen molar-refractivity contribution in [1.29, 1.82) is 5.26 Å². The van der Waals surface area contributed by atoms with Crippen LogP contribution in [0.3, 0.4) is 0 Å². The van der Waals surface area contributed by atoms with E-state index in [4.69, 9.17) is 5.26 Å². The van der Waals surface area contributed by atoms with Gasteiger partial charge >= 0.3 is 0 Å². The summed E-state index contributed by atoms with van der Waals surface area (Å²) in [5.41, 5.74) is 2.01. The van der Waals surface area contributed by atoms with Gasteiger partial charge in [0.2, 0.25) is 17.8 Å². The lowest BCUT2D eigenvalue weighted by Gasteiger charge is -2.23. The third-order valence-electron chi connectivity index (χ3n) is 5.34. The number of hydrogen-bond acceptors (Lipinski definition) is 8. The third kappa shape index (κ3) is 9.63. The minimum absolute atomic E-state index is 0.207. The zero-order valence-electron chi connectivity index (χ0n) is 22.0. The molecule has 3 N–H and O–H groups in total. The van der Waals surface area contributed by atoms with E-state index in [0.29, 0.717) is 48.8 Å². The molecule has 0 spiro atoms. The predicted octanol–water partition coefficient (Wildman–Crippen LogP) is 2.35. The number of aromatic nitrogens is 2. The first-order valence-corrected chi connectivity index (χ1v) is 11.9. The Kier molecular flexibility index (Phi) is 11.6. The van der Waals surface area contributed by atoms with Crippen molar-refractivity contribution in [2.75, 3.05) is 51.9 Å². The minimum atomic E-state index is -0.575. The molecule has 0 bridgehead atoms. The Morgan fingerprint density at radius 1 is 1.19 bits per heavy atom. The van der Waals surface area contributed by atoms with Gasteiger partial charge in [0.15, 0.2) is 0 Å². The third-order valence-corrected chi connectivity index (χ3v) is 5.34. The Morgan fingerprint density at radius 3 is 2.57 bits per heavy atom. The van der Waals surface area contributed by atoms with Gasteiger partial charge in [-0.05, 0) is 51.7 Å². The highest BCUT2D eigenvalue weighted by atomic mass is 16.2. The van der Waals surface area contributed by atoms with E-state index in [-0.39, 0.29) is 11.8 Å². The number of nitrogens with zero attached hydrogens (tertiary/aromatic N) is 5. The molecule has 1 atom stereocenters. The maximum atomic E-state index is 12.4. The summed E-state index contributed by atoms with van der Waals surface area (Å²) in [6, 6.07) is 8.51. The number of anilines is 3. The number of benzene rings is 1. The van der Waals surface area contributed by atoms with Crippen molar-refractivity contribution in [2.24, 2.45) is 0 Å². The average molecular weight is 503 g/mol. The van der Waals surface area contributed by atoms with Crippen LogP contribution in [0, 0.1) is 23.2 Å². The summed E-state index contributed by atoms with van der Waals surface area (Å²) in [6.07, 6.45) is 6.14. The highest BCUT2D eigenvalue weighted by molar-refractivity contribution is 5.92. The molecule has 1 aromatic carbocycles. The predicted molar refractivity (Wildman–Crippen MR) is 145 cm³/mol. The summed E-state index contributed by atoms with van der Waals surface area (Å²) in [7, 11) is 7.21. The molecule has 2 aromatic rings. The zero-order valence-corrected chi connectivity index (χ0v) is 22.0. The highest BCUT2D eigenvalue weighted by Gasteiger charge is 2.20. The largest absolute Gasteiger partial charge is 0.372 e. The van der Waals surface area contributed by atoms with Gasteiger partial charge < -0.3 is 25.8 Å². The molecule has 194 valence electrons. The van der Waals surface area contributed by atoms with Crippen LogP contribution in [-0.2, 0) is 9.59 Å². The van der Waals surface area contributed by atoms with Crippen molar-refractivity contribution in [3.8, 4) is 17.9 Å². The summed E-state index contributed by atoms with van der Waals surface area (Å²) in [5.74, 6) is 6.73. The topological polar surface area (TPSA) is 126 Å². The van der Waals surface area contributed by atoms with Crippen molar-refractivity contribution < 1.29 is 9.59 Å². The van der Waals surface area contributed by atoms with E-state index in [1.54, 1.807) is 57.6 Å². The first kappa shape index (κ1) is 28.8. The van der Waals surface area contributed by atoms with Gasteiger partial charge in [-0.1, -0.05) is 17.9 Å². The van der Waals surface area contributed by atoms with E-state index < -0.39 is 6.04 Å². The number of amides is 2. The first-order chi connectivity index (χ1) is 17.7. The molecule has 10 nitrogen and oxygen atoms in total. The average Bonchev–Trinajstić information content (AvgIpc) is 2.90. The van der Waals surface area contributed by atoms with Crippen molar-refractivity contribution in [2.45, 2.75) is 25.8 Å². The van der Waals surface area contributed by atoms with Gasteiger partial charge in [-0.15, -0.1) is 0 Å². The van der Waals surface area contributed by atoms with E-state index in [2.05, 4.69) is 43.8 Å². The number of rotatable bonds is 11. The van der Waals surface area contributed by atoms with Crippen LogP contribution in [-0.4, -0.2) is 78.9 Å². The molecule has 0 fully saturated rings. The number of likely N-dealkylation sites (N-methyl/N-ethyl adjacent to an activating group) is 2. The molecule has 0 unspecified atom stereocenters. The van der Waals surface area contributed by atoms with E-state index in [9.17, 15) is 9.59 Å². The smallest absolute Gasteiger partial charge is 0.246 e. The van der Waals surface area contributed by atoms with Crippen molar-refractivity contribution in [3.63, 3.8) is 0 Å². The van der Waals surface area contributed by atoms with Crippen LogP contribution < -0.4 is 16.0 Å². The molecule has 1 aromatic heterocycles. The number of nitriles is 1. The molecule has 0 saturated carbocycles. The van der Waals surface area contributed by atoms with E-state index in [1.807, 2.05) is 19.0 Å². The maximum Gasteiger partial charge on any atom is 0.246 e. The van der Waals surface area contributed by atoms with Gasteiger partial charge in [0.25, 0.3) is 0 Å². The van der Waals surface area contributed by atoms with Crippen molar-refractivity contribution in [1.82, 2.24) is 25.1 Å². The Labute approximate surface area is 218 Å². The van der Waals surface area contributed by atoms with Crippen molar-refractivity contribution in [3.05, 3.63) is 53.7 Å². The van der Waals surface area contributed by atoms with Gasteiger partial charge in [0.1, 0.15) is 11.9 Å². The number of nitrogens with one attached hydrogen (secondary N) is 3. The summed E-state index contributed by atoms with van der Waals surface area (Å²) in [6.45, 7) is 2.81. The Hall–Kier alpha value is -4.41. The second kappa shape index (κ2) is 14.9. The molecule has 2 rings (SSSR count). The normalized spacial score (nSPS) is 11.3. The summed E-state index contributed by atoms with van der Waals surface area (Å²) >= 11 is 0. The van der Waals surface area contributed by atoms with Gasteiger partial charge in [0.05, 0.1) is 23.4 Å². The van der Waals surface area contributed by atoms with Crippen molar-refractivity contribution >= 4 is 29.3 Å². The standard InChI is InChI=1S/C27H34N8O2/c1-20(35(5)24(36)11-9-17-34(3)4)26(37)30-16-8-6-7-10-22-19-31-27(33-25(22)29-2)32-23-14-12-21(18-28)13-15-23/h9,11-15,19-20H,6,8,16-17H2,1-5H3,(H,30,37)(H2,29,31,32,33)/b11-9+/t20-/m0/s1. The van der Waals surface area contributed by atoms with Crippen LogP contribution >= 0.6 is 0 Å². The highest BCUT2D eigenvalue weighted by Crippen LogP contribution is 2.17. The van der Waals surface area contributed by atoms with E-state index >= 15 is 0 Å². The summed E-state index contributed by atoms with van der Waals surface area (Å²) in [5, 5.41) is 17.9. The fourth-order valence-corrected chi connectivity index (χ4v) is 3.02. The Balaban J connectivity index is 1.81. The molecule has 0 radical (unpaired) electrons. The van der Waals surface area contributed by atoms with E-state index in [0.717, 1.165) is 5.69 Å². The fraction of sp³-hybridized carbons (Fsp3) is 0.370. The van der Waals surface area contributed by atoms with Gasteiger partial charge in [-0.3, -0.25) is 9.59 Å². The molecule has 2 amide bonds. The second-order valence-electron chi connectivity index (χ2n) is 8.51. The Bertz CT molecular complexity index is 1190. The van der Waals surface area contributed by atoms with Crippen LogP contribution in [0.4, 0.5) is 17.5 Å². The maximum absolute atomic E-state index is 12.4. The molecular weight excluding hydrogens is 468 g/mol. The molecule has 0 saturated heterocycles. The lowest BCUT2D eigenvalue weighted by Crippen LogP contribution is -2.45. The lowest BCUT2D eigenvalue weighted by atomic mass is 10.2. The zero-order chi connectivity index (χ0) is 27.2. The monoisotopic (exact) mass is 502 g/mol. The SMILES string of the molecule is CNc1nc(Nc2ccc(C#N)cc2)ncc1C#CCCCNC(=O)[C@H](C)N(C)C(=O)/C=C/CN(C)C. The molecule has 0 aliphatic rings. The van der Waals surface area contributed by atoms with Crippen LogP contribution in [0.15, 0.2) is 42.6 Å². The molecule has 37 heavy (non-hydrogen) atoms. The lowest BCUT2D eigenvalue weighted by molar-refractivity contribution is -0.135. The van der Waals surface area contributed by atoms with E-state index in [1.165, 1.54) is 11.0 Å². The minimum Gasteiger partial charge on any atom is -0.372 e. The van der Waals surface area contributed by atoms with Gasteiger partial charge in [-0.2, -0.15) is 10.2 Å². The van der Waals surface area contributed by atoms with Crippen LogP contribution in [0.5, 0.6) is 0 Å². The van der Waals surface area contributed by atoms with Crippen LogP contribution in [0.2, 0.25) is 0 Å². The number of carbonyl (C=O) groups is 2. The van der Waals surface area contributed by atoms with Gasteiger partial charge in [-0.25, -0.2) is 4.98 Å². The van der Waals surface area contributed by atoms with Crippen LogP contribution in [0.1, 0.15) is 30.9 Å². The van der Waals surface area contributed by atoms with Gasteiger partial charge in [0, 0.05) is 45.4 Å². The second-order valence-corrected chi connectivity index (χ2v) is 8.51. The fourth-order valence-electron chi connectivity index (χ4n) is 3.02. The number of unbranched alkanes of at least 4 members (excludes halogenated alkanes) is 1. The summed E-state index contributed by atoms with van der Waals surface area (Å²) < 4.78 is 0. The molecular formula is C27H34N8O2. The molecule has 0 aliphatic carbocycles. The first-order valence-electron chi connectivity index (χ1n) is 11.9. The number of hydrogen-bond donors (Lipinski definition) is 3. The molecule has 1 heterocycles. The quantitative estimate of drug-likeness (QED) is 0.243. The summed E-state index contributed by atoms with van der Waals surface area (Å²) in [4.78, 5) is 36.7. The Morgan fingerprint density at radius 2 is 1.92 bits per heavy atom. The molecule has 0 aliphatic heterocycles. The molecule has 10 heteroatoms.